The second-order valence-corrected chi connectivity index (χ2v) is 12.4. The zero-order valence-corrected chi connectivity index (χ0v) is 20.5. The molecule has 2 saturated carbocycles. The van der Waals surface area contributed by atoms with Crippen molar-refractivity contribution in [3.8, 4) is 0 Å². The molecule has 2 amide bonds. The first kappa shape index (κ1) is 20.7. The molecule has 7 heteroatoms. The second kappa shape index (κ2) is 7.18. The average Bonchev–Trinajstić information content (AvgIpc) is 3.54. The van der Waals surface area contributed by atoms with Crippen molar-refractivity contribution in [3.63, 3.8) is 0 Å². The minimum atomic E-state index is -0.259. The lowest BCUT2D eigenvalue weighted by molar-refractivity contribution is -0.123. The first-order chi connectivity index (χ1) is 16.4. The first-order valence-electron chi connectivity index (χ1n) is 11.8. The molecule has 1 saturated heterocycles. The number of imide groups is 1. The molecule has 34 heavy (non-hydrogen) atoms. The van der Waals surface area contributed by atoms with Crippen LogP contribution in [0.2, 0.25) is 0 Å². The summed E-state index contributed by atoms with van der Waals surface area (Å²) in [7, 11) is 0. The number of aromatic nitrogens is 1. The van der Waals surface area contributed by atoms with E-state index < -0.39 is 0 Å². The summed E-state index contributed by atoms with van der Waals surface area (Å²) < 4.78 is 0. The van der Waals surface area contributed by atoms with E-state index in [1.165, 1.54) is 27.4 Å². The number of aromatic amines is 1. The van der Waals surface area contributed by atoms with Crippen molar-refractivity contribution < 1.29 is 9.59 Å². The summed E-state index contributed by atoms with van der Waals surface area (Å²) in [5.74, 6) is 0.0412. The Kier molecular flexibility index (Phi) is 4.38. The number of amides is 2. The number of fused-ring (bicyclic) bond motifs is 9. The predicted molar refractivity (Wildman–Crippen MR) is 133 cm³/mol. The molecule has 4 aliphatic rings. The lowest BCUT2D eigenvalue weighted by Gasteiger charge is -2.43. The van der Waals surface area contributed by atoms with Crippen LogP contribution < -0.4 is 9.77 Å². The van der Waals surface area contributed by atoms with Gasteiger partial charge in [-0.05, 0) is 55.7 Å². The highest BCUT2D eigenvalue weighted by Gasteiger charge is 2.69. The van der Waals surface area contributed by atoms with E-state index in [0.29, 0.717) is 5.69 Å². The molecule has 3 aromatic rings. The van der Waals surface area contributed by atoms with Gasteiger partial charge in [0.05, 0.1) is 22.5 Å². The van der Waals surface area contributed by atoms with Crippen molar-refractivity contribution in [2.24, 2.45) is 29.6 Å². The van der Waals surface area contributed by atoms with E-state index in [0.717, 1.165) is 21.9 Å². The molecule has 3 heterocycles. The van der Waals surface area contributed by atoms with Gasteiger partial charge in [0, 0.05) is 16.0 Å². The van der Waals surface area contributed by atoms with Gasteiger partial charge in [0.2, 0.25) is 11.8 Å². The minimum absolute atomic E-state index is 0.0279. The van der Waals surface area contributed by atoms with Gasteiger partial charge in [0.15, 0.2) is 0 Å². The molecule has 7 unspecified atom stereocenters. The standard InChI is InChI=1S/C27H24N2O3S2/c1-12-3-7-14(8-4-12)18-19-16-11-17(22(19)33-24-23(18)34-27(32)28-24)21-20(16)25(30)29(26(21)31)15-9-5-13(2)6-10-15/h3-10,16-22H,11H2,1-2H3,(H,28,32). The van der Waals surface area contributed by atoms with Gasteiger partial charge in [-0.25, -0.2) is 0 Å². The number of benzene rings is 2. The fourth-order valence-electron chi connectivity index (χ4n) is 7.11. The van der Waals surface area contributed by atoms with E-state index in [1.807, 2.05) is 31.2 Å². The number of anilines is 1. The summed E-state index contributed by atoms with van der Waals surface area (Å²) in [5.41, 5.74) is 4.19. The third kappa shape index (κ3) is 2.71. The number of rotatable bonds is 2. The smallest absolute Gasteiger partial charge is 0.305 e. The maximum atomic E-state index is 13.7. The van der Waals surface area contributed by atoms with E-state index in [-0.39, 0.29) is 57.4 Å². The summed E-state index contributed by atoms with van der Waals surface area (Å²) in [6.07, 6.45) is 0.915. The number of carbonyl (C=O) groups is 2. The number of hydrogen-bond acceptors (Lipinski definition) is 5. The average molecular weight is 489 g/mol. The summed E-state index contributed by atoms with van der Waals surface area (Å²) in [4.78, 5) is 45.3. The Hall–Kier alpha value is -2.64. The largest absolute Gasteiger partial charge is 0.307 e. The highest BCUT2D eigenvalue weighted by atomic mass is 32.2. The Morgan fingerprint density at radius 1 is 0.853 bits per heavy atom. The number of hydrogen-bond donors (Lipinski definition) is 1. The number of aryl methyl sites for hydroxylation is 2. The van der Waals surface area contributed by atoms with Crippen molar-refractivity contribution in [2.45, 2.75) is 36.5 Å². The van der Waals surface area contributed by atoms with Crippen LogP contribution in [0.1, 0.15) is 33.9 Å². The molecule has 172 valence electrons. The quantitative estimate of drug-likeness (QED) is 0.530. The summed E-state index contributed by atoms with van der Waals surface area (Å²) in [5, 5.41) is 1.18. The van der Waals surface area contributed by atoms with Crippen LogP contribution in [0.3, 0.4) is 0 Å². The Morgan fingerprint density at radius 3 is 2.15 bits per heavy atom. The molecule has 0 spiro atoms. The monoisotopic (exact) mass is 488 g/mol. The zero-order chi connectivity index (χ0) is 23.3. The minimum Gasteiger partial charge on any atom is -0.307 e. The van der Waals surface area contributed by atoms with E-state index in [1.54, 1.807) is 11.8 Å². The lowest BCUT2D eigenvalue weighted by atomic mass is 9.68. The molecule has 1 aromatic heterocycles. The number of thioether (sulfide) groups is 1. The first-order valence-corrected chi connectivity index (χ1v) is 13.5. The van der Waals surface area contributed by atoms with Crippen molar-refractivity contribution >= 4 is 40.6 Å². The number of H-pyrrole nitrogens is 1. The third-order valence-corrected chi connectivity index (χ3v) is 11.0. The van der Waals surface area contributed by atoms with Crippen LogP contribution in [-0.2, 0) is 9.59 Å². The van der Waals surface area contributed by atoms with Gasteiger partial charge in [-0.2, -0.15) is 0 Å². The van der Waals surface area contributed by atoms with Crippen LogP contribution in [-0.4, -0.2) is 22.0 Å². The Balaban J connectivity index is 1.32. The van der Waals surface area contributed by atoms with Crippen LogP contribution in [0.5, 0.6) is 0 Å². The van der Waals surface area contributed by atoms with Crippen molar-refractivity contribution in [2.75, 3.05) is 4.90 Å². The van der Waals surface area contributed by atoms with Crippen LogP contribution in [0.15, 0.2) is 58.4 Å². The van der Waals surface area contributed by atoms with Gasteiger partial charge in [0.1, 0.15) is 0 Å². The van der Waals surface area contributed by atoms with Crippen LogP contribution in [0.25, 0.3) is 0 Å². The van der Waals surface area contributed by atoms with Crippen molar-refractivity contribution in [1.82, 2.24) is 4.98 Å². The van der Waals surface area contributed by atoms with E-state index in [2.05, 4.69) is 36.2 Å². The summed E-state index contributed by atoms with van der Waals surface area (Å²) in [6, 6.07) is 16.3. The number of carbonyl (C=O) groups excluding carboxylic acids is 2. The topological polar surface area (TPSA) is 70.2 Å². The van der Waals surface area contributed by atoms with Crippen LogP contribution in [0.4, 0.5) is 5.69 Å². The zero-order valence-electron chi connectivity index (χ0n) is 18.9. The SMILES string of the molecule is Cc1ccc(C2c3sc(=O)[nH]c3SC3C4CC(C5C(=O)N(c6ccc(C)cc6)C(=O)C45)C23)cc1. The number of nitrogens with one attached hydrogen (secondary N) is 1. The van der Waals surface area contributed by atoms with Gasteiger partial charge in [-0.1, -0.05) is 58.9 Å². The van der Waals surface area contributed by atoms with Gasteiger partial charge in [0.25, 0.3) is 0 Å². The highest BCUT2D eigenvalue weighted by Crippen LogP contribution is 2.68. The van der Waals surface area contributed by atoms with Crippen LogP contribution >= 0.6 is 23.1 Å². The molecule has 2 bridgehead atoms. The molecule has 2 aliphatic heterocycles. The van der Waals surface area contributed by atoms with Gasteiger partial charge in [-0.15, -0.1) is 11.8 Å². The third-order valence-electron chi connectivity index (χ3n) is 8.45. The molecule has 7 atom stereocenters. The van der Waals surface area contributed by atoms with Crippen molar-refractivity contribution in [1.29, 1.82) is 0 Å². The molecular weight excluding hydrogens is 464 g/mol. The maximum Gasteiger partial charge on any atom is 0.305 e. The second-order valence-electron chi connectivity index (χ2n) is 10.2. The van der Waals surface area contributed by atoms with Crippen LogP contribution in [0, 0.1) is 43.4 Å². The Bertz CT molecular complexity index is 1390. The summed E-state index contributed by atoms with van der Waals surface area (Å²) in [6.45, 7) is 4.08. The van der Waals surface area contributed by atoms with E-state index >= 15 is 0 Å². The molecule has 1 N–H and O–H groups in total. The Morgan fingerprint density at radius 2 is 1.47 bits per heavy atom. The number of thiazole rings is 1. The molecule has 0 radical (unpaired) electrons. The molecule has 7 rings (SSSR count). The molecule has 3 fully saturated rings. The normalized spacial score (nSPS) is 33.2. The summed E-state index contributed by atoms with van der Waals surface area (Å²) >= 11 is 3.04. The molecule has 2 aliphatic carbocycles. The van der Waals surface area contributed by atoms with Gasteiger partial charge >= 0.3 is 4.87 Å². The highest BCUT2D eigenvalue weighted by molar-refractivity contribution is 8.00. The van der Waals surface area contributed by atoms with E-state index in [9.17, 15) is 14.4 Å². The fourth-order valence-corrected chi connectivity index (χ4v) is 10.0. The maximum absolute atomic E-state index is 13.7. The molecule has 2 aromatic carbocycles. The fraction of sp³-hybridized carbons (Fsp3) is 0.370. The lowest BCUT2D eigenvalue weighted by Crippen LogP contribution is -2.42. The number of nitrogens with zero attached hydrogens (tertiary/aromatic N) is 1. The molecular formula is C27H24N2O3S2. The van der Waals surface area contributed by atoms with Crippen molar-refractivity contribution in [3.05, 3.63) is 79.8 Å². The van der Waals surface area contributed by atoms with E-state index in [4.69, 9.17) is 0 Å². The Labute approximate surface area is 205 Å². The van der Waals surface area contributed by atoms with Gasteiger partial charge in [-0.3, -0.25) is 19.3 Å². The molecule has 5 nitrogen and oxygen atoms in total. The predicted octanol–water partition coefficient (Wildman–Crippen LogP) is 4.73. The van der Waals surface area contributed by atoms with Gasteiger partial charge < -0.3 is 4.98 Å².